The topological polar surface area (TPSA) is 104 Å². The molecule has 4 amide bonds. The van der Waals surface area contributed by atoms with Gasteiger partial charge in [0.1, 0.15) is 0 Å². The summed E-state index contributed by atoms with van der Waals surface area (Å²) >= 11 is 2.46. The smallest absolute Gasteiger partial charge is 0.321 e. The first-order valence-electron chi connectivity index (χ1n) is 6.85. The van der Waals surface area contributed by atoms with E-state index in [4.69, 9.17) is 0 Å². The van der Waals surface area contributed by atoms with Gasteiger partial charge in [0, 0.05) is 19.5 Å². The Bertz CT molecular complexity index is 573. The summed E-state index contributed by atoms with van der Waals surface area (Å²) in [6.45, 7) is 3.72. The second-order valence-corrected chi connectivity index (χ2v) is 6.85. The Morgan fingerprint density at radius 3 is 2.68 bits per heavy atom. The van der Waals surface area contributed by atoms with Crippen molar-refractivity contribution in [2.75, 3.05) is 17.2 Å². The molecule has 1 heterocycles. The van der Waals surface area contributed by atoms with Crippen LogP contribution in [-0.4, -0.2) is 46.4 Å². The summed E-state index contributed by atoms with van der Waals surface area (Å²) in [5.41, 5.74) is 0. The van der Waals surface area contributed by atoms with E-state index in [1.807, 2.05) is 0 Å². The normalized spacial score (nSPS) is 13.5. The van der Waals surface area contributed by atoms with Crippen molar-refractivity contribution in [2.24, 2.45) is 0 Å². The van der Waals surface area contributed by atoms with Crippen LogP contribution in [0.15, 0.2) is 4.34 Å². The first-order chi connectivity index (χ1) is 10.5. The number of hydrogen-bond donors (Lipinski definition) is 2. The number of nitrogens with zero attached hydrogens (tertiary/aromatic N) is 3. The van der Waals surface area contributed by atoms with Crippen LogP contribution in [0.5, 0.6) is 0 Å². The van der Waals surface area contributed by atoms with Crippen LogP contribution in [0.1, 0.15) is 26.7 Å². The first-order valence-corrected chi connectivity index (χ1v) is 8.65. The summed E-state index contributed by atoms with van der Waals surface area (Å²) in [5.74, 6) is -0.391. The van der Waals surface area contributed by atoms with Crippen LogP contribution in [0.3, 0.4) is 0 Å². The van der Waals surface area contributed by atoms with E-state index in [0.717, 1.165) is 12.8 Å². The summed E-state index contributed by atoms with van der Waals surface area (Å²) in [5, 5.41) is 13.2. The predicted octanol–water partition coefficient (Wildman–Crippen LogP) is 0.991. The van der Waals surface area contributed by atoms with E-state index in [9.17, 15) is 14.4 Å². The average molecular weight is 343 g/mol. The lowest BCUT2D eigenvalue weighted by Crippen LogP contribution is -2.40. The van der Waals surface area contributed by atoms with Crippen LogP contribution >= 0.6 is 23.1 Å². The molecule has 1 aromatic heterocycles. The Labute approximate surface area is 136 Å². The number of aromatic nitrogens is 2. The number of nitrogens with one attached hydrogen (secondary N) is 2. The van der Waals surface area contributed by atoms with Crippen molar-refractivity contribution in [1.82, 2.24) is 20.8 Å². The second-order valence-electron chi connectivity index (χ2n) is 4.67. The van der Waals surface area contributed by atoms with Gasteiger partial charge in [-0.15, -0.1) is 10.2 Å². The number of urea groups is 1. The Kier molecular flexibility index (Phi) is 5.72. The molecule has 0 spiro atoms. The molecule has 120 valence electrons. The van der Waals surface area contributed by atoms with Crippen LogP contribution in [0.25, 0.3) is 0 Å². The fourth-order valence-corrected chi connectivity index (χ4v) is 3.49. The molecule has 0 radical (unpaired) electrons. The van der Waals surface area contributed by atoms with Crippen LogP contribution < -0.4 is 15.5 Å². The lowest BCUT2D eigenvalue weighted by molar-refractivity contribution is -0.118. The molecule has 8 nitrogen and oxygen atoms in total. The van der Waals surface area contributed by atoms with E-state index in [0.29, 0.717) is 16.0 Å². The van der Waals surface area contributed by atoms with Crippen molar-refractivity contribution in [3.05, 3.63) is 0 Å². The summed E-state index contributed by atoms with van der Waals surface area (Å²) in [6, 6.07) is -0.285. The maximum absolute atomic E-state index is 11.6. The Morgan fingerprint density at radius 2 is 2.09 bits per heavy atom. The number of carbonyl (C=O) groups is 3. The second kappa shape index (κ2) is 7.54. The van der Waals surface area contributed by atoms with E-state index in [1.54, 1.807) is 11.8 Å². The molecule has 2 N–H and O–H groups in total. The van der Waals surface area contributed by atoms with Gasteiger partial charge in [0.25, 0.3) is 0 Å². The molecule has 1 aliphatic rings. The van der Waals surface area contributed by atoms with Gasteiger partial charge in [-0.25, -0.2) is 4.79 Å². The van der Waals surface area contributed by atoms with E-state index >= 15 is 0 Å². The van der Waals surface area contributed by atoms with Crippen molar-refractivity contribution in [3.63, 3.8) is 0 Å². The third-order valence-corrected chi connectivity index (χ3v) is 4.83. The summed E-state index contributed by atoms with van der Waals surface area (Å²) < 4.78 is 0.591. The maximum Gasteiger partial charge on any atom is 0.321 e. The average Bonchev–Trinajstić information content (AvgIpc) is 3.15. The molecule has 0 saturated heterocycles. The zero-order valence-electron chi connectivity index (χ0n) is 12.3. The zero-order chi connectivity index (χ0) is 16.1. The highest BCUT2D eigenvalue weighted by molar-refractivity contribution is 8.01. The van der Waals surface area contributed by atoms with Crippen LogP contribution in [0.2, 0.25) is 0 Å². The molecule has 0 bridgehead atoms. The number of hydrogen-bond acceptors (Lipinski definition) is 7. The molecular weight excluding hydrogens is 326 g/mol. The molecule has 1 aliphatic carbocycles. The number of carbonyl (C=O) groups excluding carboxylic acids is 3. The van der Waals surface area contributed by atoms with Gasteiger partial charge in [-0.1, -0.05) is 23.1 Å². The van der Waals surface area contributed by atoms with Crippen LogP contribution in [-0.2, 0) is 9.59 Å². The molecule has 0 aliphatic heterocycles. The Morgan fingerprint density at radius 1 is 1.36 bits per heavy atom. The Hall–Kier alpha value is -1.68. The molecule has 0 aromatic carbocycles. The van der Waals surface area contributed by atoms with Crippen molar-refractivity contribution in [1.29, 1.82) is 0 Å². The van der Waals surface area contributed by atoms with Gasteiger partial charge in [-0.3, -0.25) is 19.8 Å². The number of imide groups is 1. The SMILES string of the molecule is CCNC(=O)NC(=O)CSc1nnc(N(C(C)=O)C2CC2)s1. The van der Waals surface area contributed by atoms with Gasteiger partial charge in [0.15, 0.2) is 4.34 Å². The number of thioether (sulfide) groups is 1. The molecule has 0 unspecified atom stereocenters. The quantitative estimate of drug-likeness (QED) is 0.590. The van der Waals surface area contributed by atoms with Gasteiger partial charge in [-0.2, -0.15) is 0 Å². The van der Waals surface area contributed by atoms with Gasteiger partial charge in [-0.05, 0) is 19.8 Å². The van der Waals surface area contributed by atoms with E-state index in [1.165, 1.54) is 30.0 Å². The fourth-order valence-electron chi connectivity index (χ4n) is 1.73. The van der Waals surface area contributed by atoms with E-state index in [-0.39, 0.29) is 17.7 Å². The molecule has 10 heteroatoms. The largest absolute Gasteiger partial charge is 0.338 e. The van der Waals surface area contributed by atoms with Crippen molar-refractivity contribution < 1.29 is 14.4 Å². The summed E-state index contributed by atoms with van der Waals surface area (Å²) in [7, 11) is 0. The minimum Gasteiger partial charge on any atom is -0.338 e. The number of amides is 4. The Balaban J connectivity index is 1.85. The molecule has 22 heavy (non-hydrogen) atoms. The summed E-state index contributed by atoms with van der Waals surface area (Å²) in [4.78, 5) is 36.0. The van der Waals surface area contributed by atoms with Gasteiger partial charge in [0.2, 0.25) is 16.9 Å². The third kappa shape index (κ3) is 4.67. The fraction of sp³-hybridized carbons (Fsp3) is 0.583. The van der Waals surface area contributed by atoms with Crippen LogP contribution in [0.4, 0.5) is 9.93 Å². The highest BCUT2D eigenvalue weighted by atomic mass is 32.2. The lowest BCUT2D eigenvalue weighted by Gasteiger charge is -2.15. The van der Waals surface area contributed by atoms with Crippen molar-refractivity contribution >= 4 is 46.1 Å². The third-order valence-electron chi connectivity index (χ3n) is 2.77. The highest BCUT2D eigenvalue weighted by Gasteiger charge is 2.34. The van der Waals surface area contributed by atoms with E-state index in [2.05, 4.69) is 20.8 Å². The summed E-state index contributed by atoms with van der Waals surface area (Å²) in [6.07, 6.45) is 1.97. The van der Waals surface area contributed by atoms with Crippen molar-refractivity contribution in [2.45, 2.75) is 37.1 Å². The lowest BCUT2D eigenvalue weighted by atomic mass is 10.5. The monoisotopic (exact) mass is 343 g/mol. The number of rotatable bonds is 6. The molecular formula is C12H17N5O3S2. The maximum atomic E-state index is 11.6. The van der Waals surface area contributed by atoms with Crippen molar-refractivity contribution in [3.8, 4) is 0 Å². The molecule has 1 saturated carbocycles. The van der Waals surface area contributed by atoms with Gasteiger partial charge >= 0.3 is 6.03 Å². The standard InChI is InChI=1S/C12H17N5O3S2/c1-3-13-10(20)14-9(19)6-21-12-16-15-11(22-12)17(7(2)18)8-4-5-8/h8H,3-6H2,1-2H3,(H2,13,14,19,20). The highest BCUT2D eigenvalue weighted by Crippen LogP contribution is 2.35. The van der Waals surface area contributed by atoms with Gasteiger partial charge < -0.3 is 5.32 Å². The minimum atomic E-state index is -0.512. The minimum absolute atomic E-state index is 0.0517. The first kappa shape index (κ1) is 16.7. The number of anilines is 1. The van der Waals surface area contributed by atoms with Crippen LogP contribution in [0, 0.1) is 0 Å². The molecule has 2 rings (SSSR count). The molecule has 0 atom stereocenters. The molecule has 1 fully saturated rings. The molecule has 1 aromatic rings. The van der Waals surface area contributed by atoms with Gasteiger partial charge in [0.05, 0.1) is 5.75 Å². The predicted molar refractivity (Wildman–Crippen MR) is 84.0 cm³/mol. The zero-order valence-corrected chi connectivity index (χ0v) is 13.9. The van der Waals surface area contributed by atoms with E-state index < -0.39 is 11.9 Å².